The van der Waals surface area contributed by atoms with Gasteiger partial charge in [0.15, 0.2) is 0 Å². The van der Waals surface area contributed by atoms with Crippen molar-refractivity contribution in [1.82, 2.24) is 29.9 Å². The van der Waals surface area contributed by atoms with Gasteiger partial charge in [-0.05, 0) is 25.1 Å². The Kier molecular flexibility index (Phi) is 4.78. The first kappa shape index (κ1) is 16.7. The molecule has 3 rings (SSSR count). The summed E-state index contributed by atoms with van der Waals surface area (Å²) < 4.78 is 8.52. The van der Waals surface area contributed by atoms with E-state index < -0.39 is 0 Å². The summed E-state index contributed by atoms with van der Waals surface area (Å²) in [6.07, 6.45) is 5.14. The summed E-state index contributed by atoms with van der Waals surface area (Å²) in [4.78, 5) is 16.4. The van der Waals surface area contributed by atoms with Crippen LogP contribution in [0.3, 0.4) is 0 Å². The molecule has 0 fully saturated rings. The zero-order valence-corrected chi connectivity index (χ0v) is 14.4. The van der Waals surface area contributed by atoms with Crippen LogP contribution in [0.2, 0.25) is 0 Å². The van der Waals surface area contributed by atoms with Gasteiger partial charge in [0.05, 0.1) is 19.3 Å². The first-order valence-electron chi connectivity index (χ1n) is 7.89. The number of hydrogen-bond acceptors (Lipinski definition) is 5. The Hall–Kier alpha value is -3.16. The molecule has 0 aliphatic rings. The van der Waals surface area contributed by atoms with Crippen molar-refractivity contribution in [3.05, 3.63) is 48.0 Å². The zero-order valence-electron chi connectivity index (χ0n) is 14.4. The van der Waals surface area contributed by atoms with E-state index in [1.165, 1.54) is 7.11 Å². The molecule has 0 aliphatic heterocycles. The van der Waals surface area contributed by atoms with E-state index in [9.17, 15) is 4.79 Å². The molecule has 0 radical (unpaired) electrons. The van der Waals surface area contributed by atoms with Crippen molar-refractivity contribution < 1.29 is 9.53 Å². The van der Waals surface area contributed by atoms with Crippen LogP contribution in [0.25, 0.3) is 11.3 Å². The lowest BCUT2D eigenvalue weighted by atomic mass is 10.2. The van der Waals surface area contributed by atoms with Crippen LogP contribution in [-0.4, -0.2) is 44.1 Å². The highest BCUT2D eigenvalue weighted by Crippen LogP contribution is 2.17. The molecule has 8 nitrogen and oxygen atoms in total. The van der Waals surface area contributed by atoms with Crippen molar-refractivity contribution in [1.29, 1.82) is 0 Å². The molecular weight excluding hydrogens is 320 g/mol. The topological polar surface area (TPSA) is 86.9 Å². The fourth-order valence-corrected chi connectivity index (χ4v) is 2.54. The number of carbonyl (C=O) groups is 1. The number of pyridine rings is 1. The summed E-state index contributed by atoms with van der Waals surface area (Å²) >= 11 is 0. The van der Waals surface area contributed by atoms with E-state index in [1.54, 1.807) is 30.3 Å². The number of nitrogens with zero attached hydrogens (tertiary/aromatic N) is 5. The van der Waals surface area contributed by atoms with Crippen molar-refractivity contribution in [2.45, 2.75) is 13.5 Å². The second-order valence-electron chi connectivity index (χ2n) is 5.62. The number of nitrogens with one attached hydrogen (secondary N) is 1. The van der Waals surface area contributed by atoms with Crippen molar-refractivity contribution >= 4 is 5.91 Å². The molecule has 25 heavy (non-hydrogen) atoms. The quantitative estimate of drug-likeness (QED) is 0.733. The molecule has 0 aliphatic carbocycles. The highest BCUT2D eigenvalue weighted by molar-refractivity contribution is 5.96. The minimum absolute atomic E-state index is 0.220. The smallest absolute Gasteiger partial charge is 0.258 e. The van der Waals surface area contributed by atoms with Crippen molar-refractivity contribution in [2.75, 3.05) is 13.7 Å². The maximum atomic E-state index is 12.3. The third-order valence-corrected chi connectivity index (χ3v) is 3.78. The van der Waals surface area contributed by atoms with Gasteiger partial charge in [-0.2, -0.15) is 5.10 Å². The molecule has 0 saturated heterocycles. The Balaban J connectivity index is 1.62. The molecule has 0 atom stereocenters. The fraction of sp³-hybridized carbons (Fsp3) is 0.294. The zero-order chi connectivity index (χ0) is 17.8. The van der Waals surface area contributed by atoms with E-state index in [-0.39, 0.29) is 5.91 Å². The summed E-state index contributed by atoms with van der Waals surface area (Å²) in [5.74, 6) is 0.0939. The van der Waals surface area contributed by atoms with E-state index >= 15 is 0 Å². The molecule has 0 aromatic carbocycles. The van der Waals surface area contributed by atoms with Gasteiger partial charge in [-0.3, -0.25) is 19.1 Å². The summed E-state index contributed by atoms with van der Waals surface area (Å²) in [6, 6.07) is 5.85. The first-order valence-corrected chi connectivity index (χ1v) is 7.89. The molecule has 3 heterocycles. The average molecular weight is 340 g/mol. The molecule has 3 aromatic heterocycles. The maximum absolute atomic E-state index is 12.3. The second-order valence-corrected chi connectivity index (χ2v) is 5.62. The minimum Gasteiger partial charge on any atom is -0.479 e. The van der Waals surface area contributed by atoms with Crippen LogP contribution < -0.4 is 10.1 Å². The molecule has 0 bridgehead atoms. The van der Waals surface area contributed by atoms with Crippen LogP contribution >= 0.6 is 0 Å². The number of aromatic nitrogens is 5. The van der Waals surface area contributed by atoms with Gasteiger partial charge in [-0.1, -0.05) is 0 Å². The van der Waals surface area contributed by atoms with Gasteiger partial charge in [0, 0.05) is 43.4 Å². The lowest BCUT2D eigenvalue weighted by molar-refractivity contribution is 0.0948. The van der Waals surface area contributed by atoms with E-state index in [2.05, 4.69) is 20.5 Å². The van der Waals surface area contributed by atoms with Gasteiger partial charge in [0.2, 0.25) is 5.88 Å². The summed E-state index contributed by atoms with van der Waals surface area (Å²) in [7, 11) is 3.23. The van der Waals surface area contributed by atoms with Crippen LogP contribution in [0.4, 0.5) is 0 Å². The number of amides is 1. The van der Waals surface area contributed by atoms with Crippen LogP contribution in [0, 0.1) is 6.92 Å². The number of ether oxygens (including phenoxy) is 1. The normalized spacial score (nSPS) is 10.7. The van der Waals surface area contributed by atoms with E-state index in [4.69, 9.17) is 4.74 Å². The minimum atomic E-state index is -0.220. The lowest BCUT2D eigenvalue weighted by Gasteiger charge is -2.06. The molecule has 3 aromatic rings. The van der Waals surface area contributed by atoms with Crippen LogP contribution in [0.1, 0.15) is 16.1 Å². The Labute approximate surface area is 145 Å². The summed E-state index contributed by atoms with van der Waals surface area (Å²) in [6.45, 7) is 3.01. The van der Waals surface area contributed by atoms with Crippen LogP contribution in [0.5, 0.6) is 5.88 Å². The van der Waals surface area contributed by atoms with Gasteiger partial charge in [0.1, 0.15) is 5.56 Å². The van der Waals surface area contributed by atoms with Gasteiger partial charge in [-0.25, -0.2) is 0 Å². The van der Waals surface area contributed by atoms with E-state index in [0.717, 1.165) is 17.0 Å². The SMILES string of the molecule is COc1nn(C)cc1C(=O)NCCn1nc(-c2cccnc2)cc1C. The molecule has 0 saturated carbocycles. The Morgan fingerprint density at radius 3 is 2.92 bits per heavy atom. The third kappa shape index (κ3) is 3.68. The van der Waals surface area contributed by atoms with Gasteiger partial charge < -0.3 is 10.1 Å². The van der Waals surface area contributed by atoms with Crippen molar-refractivity contribution in [3.63, 3.8) is 0 Å². The Bertz CT molecular complexity index is 869. The summed E-state index contributed by atoms with van der Waals surface area (Å²) in [5, 5.41) is 11.5. The van der Waals surface area contributed by atoms with E-state index in [1.807, 2.05) is 29.8 Å². The molecule has 1 amide bonds. The molecule has 0 spiro atoms. The molecule has 130 valence electrons. The predicted octanol–water partition coefficient (Wildman–Crippen LogP) is 1.43. The Morgan fingerprint density at radius 1 is 1.36 bits per heavy atom. The van der Waals surface area contributed by atoms with Gasteiger partial charge in [0.25, 0.3) is 5.91 Å². The molecule has 8 heteroatoms. The van der Waals surface area contributed by atoms with Gasteiger partial charge in [-0.15, -0.1) is 5.10 Å². The number of hydrogen-bond donors (Lipinski definition) is 1. The number of aryl methyl sites for hydroxylation is 2. The standard InChI is InChI=1S/C17H20N6O2/c1-12-9-15(13-5-4-6-18-10-13)20-23(12)8-7-19-16(24)14-11-22(2)21-17(14)25-3/h4-6,9-11H,7-8H2,1-3H3,(H,19,24). The lowest BCUT2D eigenvalue weighted by Crippen LogP contribution is -2.27. The third-order valence-electron chi connectivity index (χ3n) is 3.78. The monoisotopic (exact) mass is 340 g/mol. The van der Waals surface area contributed by atoms with Gasteiger partial charge >= 0.3 is 0 Å². The maximum Gasteiger partial charge on any atom is 0.258 e. The summed E-state index contributed by atoms with van der Waals surface area (Å²) in [5.41, 5.74) is 3.27. The second kappa shape index (κ2) is 7.16. The highest BCUT2D eigenvalue weighted by atomic mass is 16.5. The number of carbonyl (C=O) groups excluding carboxylic acids is 1. The van der Waals surface area contributed by atoms with Crippen molar-refractivity contribution in [3.8, 4) is 17.1 Å². The number of methoxy groups -OCH3 is 1. The molecular formula is C17H20N6O2. The average Bonchev–Trinajstić information content (AvgIpc) is 3.18. The molecule has 1 N–H and O–H groups in total. The van der Waals surface area contributed by atoms with Crippen molar-refractivity contribution in [2.24, 2.45) is 7.05 Å². The Morgan fingerprint density at radius 2 is 2.20 bits per heavy atom. The first-order chi connectivity index (χ1) is 12.1. The van der Waals surface area contributed by atoms with Crippen LogP contribution in [-0.2, 0) is 13.6 Å². The largest absolute Gasteiger partial charge is 0.479 e. The number of rotatable bonds is 6. The van der Waals surface area contributed by atoms with E-state index in [0.29, 0.717) is 24.5 Å². The predicted molar refractivity (Wildman–Crippen MR) is 92.3 cm³/mol. The van der Waals surface area contributed by atoms with Crippen LogP contribution in [0.15, 0.2) is 36.8 Å². The highest BCUT2D eigenvalue weighted by Gasteiger charge is 2.16. The molecule has 0 unspecified atom stereocenters. The fourth-order valence-electron chi connectivity index (χ4n) is 2.54.